The average molecular weight is 385 g/mol. The van der Waals surface area contributed by atoms with E-state index in [2.05, 4.69) is 5.32 Å². The van der Waals surface area contributed by atoms with Gasteiger partial charge in [-0.2, -0.15) is 0 Å². The van der Waals surface area contributed by atoms with Crippen molar-refractivity contribution in [3.8, 4) is 0 Å². The highest BCUT2D eigenvalue weighted by Crippen LogP contribution is 2.39. The SMILES string of the molecule is CCOC(=O)C1=C(C)[C@@](C(C)=O)(C(=O)OCC)NC(C)=C1c1ccc(C)cc1. The van der Waals surface area contributed by atoms with Gasteiger partial charge in [0.2, 0.25) is 5.54 Å². The van der Waals surface area contributed by atoms with Gasteiger partial charge in [0.1, 0.15) is 0 Å². The lowest BCUT2D eigenvalue weighted by Gasteiger charge is -2.38. The third-order valence-electron chi connectivity index (χ3n) is 4.87. The molecule has 150 valence electrons. The Labute approximate surface area is 165 Å². The molecular formula is C22H27NO5. The molecule has 1 aromatic rings. The highest BCUT2D eigenvalue weighted by atomic mass is 16.5. The minimum atomic E-state index is -1.75. The van der Waals surface area contributed by atoms with E-state index in [1.54, 1.807) is 27.7 Å². The number of esters is 2. The molecule has 0 spiro atoms. The monoisotopic (exact) mass is 385 g/mol. The van der Waals surface area contributed by atoms with Crippen LogP contribution in [0.5, 0.6) is 0 Å². The Morgan fingerprint density at radius 1 is 0.964 bits per heavy atom. The molecule has 28 heavy (non-hydrogen) atoms. The predicted molar refractivity (Wildman–Crippen MR) is 106 cm³/mol. The minimum Gasteiger partial charge on any atom is -0.464 e. The molecule has 1 N–H and O–H groups in total. The van der Waals surface area contributed by atoms with E-state index in [1.165, 1.54) is 6.92 Å². The van der Waals surface area contributed by atoms with E-state index >= 15 is 0 Å². The molecule has 0 saturated heterocycles. The maximum atomic E-state index is 12.9. The summed E-state index contributed by atoms with van der Waals surface area (Å²) in [5, 5.41) is 3.04. The molecule has 0 bridgehead atoms. The largest absolute Gasteiger partial charge is 0.464 e. The van der Waals surface area contributed by atoms with Gasteiger partial charge in [0.15, 0.2) is 5.78 Å². The van der Waals surface area contributed by atoms with Crippen LogP contribution in [0.4, 0.5) is 0 Å². The first-order valence-corrected chi connectivity index (χ1v) is 9.33. The number of aryl methyl sites for hydroxylation is 1. The van der Waals surface area contributed by atoms with Crippen molar-refractivity contribution in [3.63, 3.8) is 0 Å². The van der Waals surface area contributed by atoms with E-state index in [-0.39, 0.29) is 24.4 Å². The fourth-order valence-corrected chi connectivity index (χ4v) is 3.48. The van der Waals surface area contributed by atoms with Gasteiger partial charge in [-0.1, -0.05) is 29.8 Å². The van der Waals surface area contributed by atoms with Crippen molar-refractivity contribution in [2.24, 2.45) is 0 Å². The topological polar surface area (TPSA) is 81.7 Å². The lowest BCUT2D eigenvalue weighted by Crippen LogP contribution is -2.60. The van der Waals surface area contributed by atoms with Crippen LogP contribution < -0.4 is 5.32 Å². The van der Waals surface area contributed by atoms with E-state index in [1.807, 2.05) is 31.2 Å². The number of nitrogens with one attached hydrogen (secondary N) is 1. The van der Waals surface area contributed by atoms with Gasteiger partial charge in [-0.05, 0) is 52.7 Å². The number of hydrogen-bond acceptors (Lipinski definition) is 6. The first kappa shape index (κ1) is 21.4. The molecule has 0 fully saturated rings. The van der Waals surface area contributed by atoms with E-state index in [0.29, 0.717) is 11.3 Å². The molecule has 0 radical (unpaired) electrons. The number of benzene rings is 1. The van der Waals surface area contributed by atoms with Crippen LogP contribution in [0, 0.1) is 6.92 Å². The Morgan fingerprint density at radius 3 is 2.04 bits per heavy atom. The van der Waals surface area contributed by atoms with Crippen molar-refractivity contribution in [2.45, 2.75) is 47.1 Å². The number of ether oxygens (including phenoxy) is 2. The molecule has 1 aromatic carbocycles. The van der Waals surface area contributed by atoms with Gasteiger partial charge in [-0.3, -0.25) is 4.79 Å². The molecule has 0 unspecified atom stereocenters. The Balaban J connectivity index is 2.79. The Morgan fingerprint density at radius 2 is 1.54 bits per heavy atom. The summed E-state index contributed by atoms with van der Waals surface area (Å²) < 4.78 is 10.4. The maximum absolute atomic E-state index is 12.9. The number of Topliss-reactive ketones (excluding diaryl/α,β-unsaturated/α-hetero) is 1. The van der Waals surface area contributed by atoms with Crippen molar-refractivity contribution in [2.75, 3.05) is 13.2 Å². The van der Waals surface area contributed by atoms with Crippen LogP contribution in [0.3, 0.4) is 0 Å². The number of allylic oxidation sites excluding steroid dienone is 1. The van der Waals surface area contributed by atoms with Gasteiger partial charge in [0, 0.05) is 11.3 Å². The molecule has 0 aromatic heterocycles. The Bertz CT molecular complexity index is 863. The van der Waals surface area contributed by atoms with Gasteiger partial charge in [-0.25, -0.2) is 9.59 Å². The summed E-state index contributed by atoms with van der Waals surface area (Å²) in [6, 6.07) is 7.67. The van der Waals surface area contributed by atoms with Crippen LogP contribution in [-0.2, 0) is 23.9 Å². The van der Waals surface area contributed by atoms with Crippen molar-refractivity contribution in [3.05, 3.63) is 52.2 Å². The molecule has 6 nitrogen and oxygen atoms in total. The number of dihydropyridines is 1. The zero-order chi connectivity index (χ0) is 21.1. The Hall–Kier alpha value is -2.89. The summed E-state index contributed by atoms with van der Waals surface area (Å²) in [7, 11) is 0. The van der Waals surface area contributed by atoms with Gasteiger partial charge in [0.05, 0.1) is 18.8 Å². The van der Waals surface area contributed by atoms with Gasteiger partial charge >= 0.3 is 11.9 Å². The van der Waals surface area contributed by atoms with Crippen LogP contribution >= 0.6 is 0 Å². The molecule has 2 rings (SSSR count). The second-order valence-corrected chi connectivity index (χ2v) is 6.74. The fourth-order valence-electron chi connectivity index (χ4n) is 3.48. The second-order valence-electron chi connectivity index (χ2n) is 6.74. The Kier molecular flexibility index (Phi) is 6.44. The summed E-state index contributed by atoms with van der Waals surface area (Å²) in [5.41, 5.74) is 1.74. The van der Waals surface area contributed by atoms with Crippen molar-refractivity contribution in [1.82, 2.24) is 5.32 Å². The normalized spacial score (nSPS) is 19.2. The summed E-state index contributed by atoms with van der Waals surface area (Å²) in [6.07, 6.45) is 0. The molecule has 6 heteroatoms. The number of carbonyl (C=O) groups is 3. The fraction of sp³-hybridized carbons (Fsp3) is 0.409. The molecule has 1 heterocycles. The summed E-state index contributed by atoms with van der Waals surface area (Å²) >= 11 is 0. The van der Waals surface area contributed by atoms with E-state index in [0.717, 1.165) is 11.1 Å². The van der Waals surface area contributed by atoms with Crippen LogP contribution in [0.2, 0.25) is 0 Å². The second kappa shape index (κ2) is 8.42. The summed E-state index contributed by atoms with van der Waals surface area (Å²) in [6.45, 7) is 10.3. The zero-order valence-electron chi connectivity index (χ0n) is 17.3. The molecule has 0 aliphatic carbocycles. The van der Waals surface area contributed by atoms with E-state index in [4.69, 9.17) is 9.47 Å². The molecule has 1 aliphatic rings. The lowest BCUT2D eigenvalue weighted by molar-refractivity contribution is -0.152. The summed E-state index contributed by atoms with van der Waals surface area (Å²) in [5.74, 6) is -1.76. The highest BCUT2D eigenvalue weighted by molar-refractivity contribution is 6.17. The molecule has 0 amide bonds. The number of rotatable bonds is 6. The summed E-state index contributed by atoms with van der Waals surface area (Å²) in [4.78, 5) is 38.3. The number of hydrogen-bond donors (Lipinski definition) is 1. The average Bonchev–Trinajstić information content (AvgIpc) is 2.63. The lowest BCUT2D eigenvalue weighted by atomic mass is 9.76. The van der Waals surface area contributed by atoms with Gasteiger partial charge in [-0.15, -0.1) is 0 Å². The quantitative estimate of drug-likeness (QED) is 0.599. The van der Waals surface area contributed by atoms with Gasteiger partial charge < -0.3 is 14.8 Å². The van der Waals surface area contributed by atoms with Crippen molar-refractivity contribution in [1.29, 1.82) is 0 Å². The third-order valence-corrected chi connectivity index (χ3v) is 4.87. The van der Waals surface area contributed by atoms with Crippen LogP contribution in [0.25, 0.3) is 5.57 Å². The van der Waals surface area contributed by atoms with E-state index < -0.39 is 23.3 Å². The molecule has 0 saturated carbocycles. The van der Waals surface area contributed by atoms with Gasteiger partial charge in [0.25, 0.3) is 0 Å². The van der Waals surface area contributed by atoms with E-state index in [9.17, 15) is 14.4 Å². The smallest absolute Gasteiger partial charge is 0.344 e. The number of carbonyl (C=O) groups excluding carboxylic acids is 3. The third kappa shape index (κ3) is 3.59. The first-order chi connectivity index (χ1) is 13.2. The van der Waals surface area contributed by atoms with Crippen LogP contribution in [0.1, 0.15) is 45.7 Å². The minimum absolute atomic E-state index is 0.116. The number of ketones is 1. The molecule has 1 aliphatic heterocycles. The van der Waals surface area contributed by atoms with Crippen LogP contribution in [-0.4, -0.2) is 36.5 Å². The predicted octanol–water partition coefficient (Wildman–Crippen LogP) is 3.10. The standard InChI is InChI=1S/C22H27NO5/c1-7-27-20(25)18-14(4)22(16(6)24,21(26)28-8-2)23-15(5)19(18)17-11-9-13(3)10-12-17/h9-12,23H,7-8H2,1-6H3/t22-/m1/s1. The molecular weight excluding hydrogens is 358 g/mol. The molecule has 1 atom stereocenters. The first-order valence-electron chi connectivity index (χ1n) is 9.33. The van der Waals surface area contributed by atoms with Crippen molar-refractivity contribution < 1.29 is 23.9 Å². The highest BCUT2D eigenvalue weighted by Gasteiger charge is 2.51. The zero-order valence-corrected chi connectivity index (χ0v) is 17.3. The maximum Gasteiger partial charge on any atom is 0.344 e. The van der Waals surface area contributed by atoms with Crippen molar-refractivity contribution >= 4 is 23.3 Å². The van der Waals surface area contributed by atoms with Crippen LogP contribution in [0.15, 0.2) is 41.1 Å².